The van der Waals surface area contributed by atoms with Crippen LogP contribution in [0.25, 0.3) is 0 Å². The number of carbonyl (C=O) groups excluding carboxylic acids is 2. The van der Waals surface area contributed by atoms with Crippen LogP contribution in [0.15, 0.2) is 18.2 Å². The van der Waals surface area contributed by atoms with Crippen molar-refractivity contribution in [3.8, 4) is 0 Å². The average molecular weight is 382 g/mol. The second kappa shape index (κ2) is 12.8. The van der Waals surface area contributed by atoms with Gasteiger partial charge in [-0.05, 0) is 44.4 Å². The van der Waals surface area contributed by atoms with Crippen molar-refractivity contribution in [3.63, 3.8) is 0 Å². The van der Waals surface area contributed by atoms with Gasteiger partial charge in [0.05, 0.1) is 35.2 Å². The zero-order valence-electron chi connectivity index (χ0n) is 16.3. The molecule has 0 aliphatic carbocycles. The first-order valence-electron chi connectivity index (χ1n) is 9.48. The summed E-state index contributed by atoms with van der Waals surface area (Å²) in [5.41, 5.74) is 1.36. The van der Waals surface area contributed by atoms with Gasteiger partial charge >= 0.3 is 11.9 Å². The van der Waals surface area contributed by atoms with Gasteiger partial charge < -0.3 is 14.2 Å². The molecule has 146 valence electrons. The number of unbranched alkanes of at least 4 members (excludes halogenated alkanes) is 2. The molecule has 0 amide bonds. The van der Waals surface area contributed by atoms with Crippen LogP contribution < -0.4 is 5.32 Å². The normalized spacial score (nSPS) is 11.8. The molecule has 0 heterocycles. The second-order valence-corrected chi connectivity index (χ2v) is 6.87. The maximum Gasteiger partial charge on any atom is 0.351 e. The van der Waals surface area contributed by atoms with E-state index >= 15 is 0 Å². The number of carbonyl (C=O) groups is 2. The predicted octanol–water partition coefficient (Wildman–Crippen LogP) is 4.75. The van der Waals surface area contributed by atoms with E-state index in [2.05, 4.69) is 12.2 Å². The third-order valence-electron chi connectivity index (χ3n) is 3.99. The van der Waals surface area contributed by atoms with Crippen LogP contribution >= 0.6 is 12.0 Å². The van der Waals surface area contributed by atoms with Crippen LogP contribution in [0.4, 0.5) is 0 Å². The van der Waals surface area contributed by atoms with Crippen molar-refractivity contribution < 1.29 is 18.5 Å². The molecule has 5 nitrogen and oxygen atoms in total. The zero-order valence-corrected chi connectivity index (χ0v) is 17.1. The first-order chi connectivity index (χ1) is 12.6. The fourth-order valence-corrected chi connectivity index (χ4v) is 3.16. The molecule has 1 atom stereocenters. The molecular formula is C20H31NO4S. The van der Waals surface area contributed by atoms with E-state index < -0.39 is 11.9 Å². The smallest absolute Gasteiger partial charge is 0.351 e. The number of rotatable bonds is 12. The quantitative estimate of drug-likeness (QED) is 0.244. The summed E-state index contributed by atoms with van der Waals surface area (Å²) in [5.74, 6) is -0.992. The summed E-state index contributed by atoms with van der Waals surface area (Å²) >= 11 is 1.12. The van der Waals surface area contributed by atoms with Crippen molar-refractivity contribution in [1.82, 2.24) is 5.32 Å². The van der Waals surface area contributed by atoms with Crippen molar-refractivity contribution in [2.24, 2.45) is 0 Å². The molecule has 0 fully saturated rings. The van der Waals surface area contributed by atoms with Gasteiger partial charge in [-0.25, -0.2) is 9.59 Å². The van der Waals surface area contributed by atoms with Crippen molar-refractivity contribution in [2.75, 3.05) is 13.2 Å². The molecule has 0 aliphatic rings. The summed E-state index contributed by atoms with van der Waals surface area (Å²) in [4.78, 5) is 24.9. The van der Waals surface area contributed by atoms with Gasteiger partial charge in [-0.3, -0.25) is 0 Å². The van der Waals surface area contributed by atoms with E-state index in [4.69, 9.17) is 8.92 Å². The molecule has 26 heavy (non-hydrogen) atoms. The lowest BCUT2D eigenvalue weighted by atomic mass is 9.99. The molecule has 0 aliphatic heterocycles. The van der Waals surface area contributed by atoms with Crippen molar-refractivity contribution in [3.05, 3.63) is 34.9 Å². The number of esters is 1. The third kappa shape index (κ3) is 7.00. The molecule has 1 unspecified atom stereocenters. The Morgan fingerprint density at radius 2 is 1.88 bits per heavy atom. The minimum absolute atomic E-state index is 0.0382. The van der Waals surface area contributed by atoms with Crippen LogP contribution in [0.3, 0.4) is 0 Å². The largest absolute Gasteiger partial charge is 0.462 e. The minimum Gasteiger partial charge on any atom is -0.462 e. The number of hydrogen-bond donors (Lipinski definition) is 1. The van der Waals surface area contributed by atoms with Crippen molar-refractivity contribution in [2.45, 2.75) is 65.2 Å². The van der Waals surface area contributed by atoms with E-state index in [9.17, 15) is 9.59 Å². The topological polar surface area (TPSA) is 64.6 Å². The van der Waals surface area contributed by atoms with E-state index in [0.717, 1.165) is 37.0 Å². The molecule has 1 aromatic carbocycles. The van der Waals surface area contributed by atoms with E-state index in [1.54, 1.807) is 19.1 Å². The van der Waals surface area contributed by atoms with Gasteiger partial charge in [0.15, 0.2) is 0 Å². The average Bonchev–Trinajstić information content (AvgIpc) is 2.66. The number of nitrogens with one attached hydrogen (secondary N) is 1. The highest BCUT2D eigenvalue weighted by molar-refractivity contribution is 7.95. The maximum absolute atomic E-state index is 12.6. The van der Waals surface area contributed by atoms with E-state index in [-0.39, 0.29) is 17.5 Å². The molecule has 0 saturated heterocycles. The number of aryl methyl sites for hydroxylation is 1. The summed E-state index contributed by atoms with van der Waals surface area (Å²) in [6.07, 6.45) is 4.93. The van der Waals surface area contributed by atoms with Gasteiger partial charge in [0.25, 0.3) is 0 Å². The fraction of sp³-hybridized carbons (Fsp3) is 0.600. The van der Waals surface area contributed by atoms with Crippen LogP contribution in [0, 0.1) is 0 Å². The molecule has 0 spiro atoms. The van der Waals surface area contributed by atoms with Crippen LogP contribution in [-0.2, 0) is 15.3 Å². The summed E-state index contributed by atoms with van der Waals surface area (Å²) < 4.78 is 10.5. The van der Waals surface area contributed by atoms with Crippen LogP contribution in [0.1, 0.15) is 79.7 Å². The van der Waals surface area contributed by atoms with Gasteiger partial charge in [0.1, 0.15) is 0 Å². The predicted molar refractivity (Wildman–Crippen MR) is 106 cm³/mol. The van der Waals surface area contributed by atoms with Crippen LogP contribution in [0.2, 0.25) is 0 Å². The number of benzene rings is 1. The Morgan fingerprint density at radius 1 is 1.12 bits per heavy atom. The van der Waals surface area contributed by atoms with Gasteiger partial charge in [0.2, 0.25) is 0 Å². The van der Waals surface area contributed by atoms with E-state index in [1.165, 1.54) is 12.8 Å². The van der Waals surface area contributed by atoms with Gasteiger partial charge in [-0.15, -0.1) is 0 Å². The van der Waals surface area contributed by atoms with Crippen molar-refractivity contribution >= 4 is 24.0 Å². The molecule has 0 saturated carbocycles. The maximum atomic E-state index is 12.6. The Morgan fingerprint density at radius 3 is 2.50 bits per heavy atom. The number of ether oxygens (including phenoxy) is 1. The summed E-state index contributed by atoms with van der Waals surface area (Å²) in [6.45, 7) is 9.06. The van der Waals surface area contributed by atoms with Crippen LogP contribution in [-0.4, -0.2) is 30.5 Å². The first kappa shape index (κ1) is 22.5. The standard InChI is InChI=1S/C20H31NO4S/c1-5-9-10-14-21-17(7-3)26-25-19(22)16-13-11-12-15(6-2)18(16)20(23)24-8-4/h11-13,17,21H,5-10,14H2,1-4H3. The van der Waals surface area contributed by atoms with Crippen molar-refractivity contribution in [1.29, 1.82) is 0 Å². The first-order valence-corrected chi connectivity index (χ1v) is 10.3. The lowest BCUT2D eigenvalue weighted by Crippen LogP contribution is -2.27. The Kier molecular flexibility index (Phi) is 11.1. The molecule has 1 rings (SSSR count). The second-order valence-electron chi connectivity index (χ2n) is 5.94. The molecular weight excluding hydrogens is 350 g/mol. The van der Waals surface area contributed by atoms with Crippen LogP contribution in [0.5, 0.6) is 0 Å². The minimum atomic E-state index is -0.512. The highest BCUT2D eigenvalue weighted by Gasteiger charge is 2.23. The van der Waals surface area contributed by atoms with Gasteiger partial charge in [-0.2, -0.15) is 0 Å². The Labute approximate surface area is 161 Å². The SMILES string of the molecule is CCCCCNC(CC)SOC(=O)c1cccc(CC)c1C(=O)OCC. The highest BCUT2D eigenvalue weighted by atomic mass is 32.2. The lowest BCUT2D eigenvalue weighted by Gasteiger charge is -2.16. The van der Waals surface area contributed by atoms with Gasteiger partial charge in [-0.1, -0.05) is 45.7 Å². The van der Waals surface area contributed by atoms with E-state index in [1.807, 2.05) is 19.9 Å². The molecule has 1 aromatic rings. The highest BCUT2D eigenvalue weighted by Crippen LogP contribution is 2.22. The molecule has 0 bridgehead atoms. The Balaban J connectivity index is 2.78. The lowest BCUT2D eigenvalue weighted by molar-refractivity contribution is 0.0517. The molecule has 0 aromatic heterocycles. The monoisotopic (exact) mass is 381 g/mol. The van der Waals surface area contributed by atoms with E-state index in [0.29, 0.717) is 12.0 Å². The fourth-order valence-electron chi connectivity index (χ4n) is 2.54. The molecule has 6 heteroatoms. The number of hydrogen-bond acceptors (Lipinski definition) is 6. The zero-order chi connectivity index (χ0) is 19.4. The summed E-state index contributed by atoms with van der Waals surface area (Å²) in [7, 11) is 0. The Hall–Kier alpha value is -1.53. The summed E-state index contributed by atoms with van der Waals surface area (Å²) in [5, 5.41) is 3.42. The Bertz CT molecular complexity index is 577. The summed E-state index contributed by atoms with van der Waals surface area (Å²) in [6, 6.07) is 5.22. The van der Waals surface area contributed by atoms with Gasteiger partial charge in [0, 0.05) is 0 Å². The molecule has 0 radical (unpaired) electrons. The molecule has 1 N–H and O–H groups in total. The third-order valence-corrected chi connectivity index (χ3v) is 4.97.